The monoisotopic (exact) mass is 296 g/mol. The van der Waals surface area contributed by atoms with Crippen molar-refractivity contribution in [2.45, 2.75) is 63.8 Å². The normalized spacial score (nSPS) is 28.4. The minimum atomic E-state index is -0.635. The largest absolute Gasteiger partial charge is 0.389 e. The Morgan fingerprint density at radius 3 is 3.00 bits per heavy atom. The van der Waals surface area contributed by atoms with Crippen LogP contribution < -0.4 is 0 Å². The molecule has 0 saturated carbocycles. The fourth-order valence-electron chi connectivity index (χ4n) is 3.34. The van der Waals surface area contributed by atoms with Crippen molar-refractivity contribution < 1.29 is 9.84 Å². The van der Waals surface area contributed by atoms with Crippen LogP contribution in [0.1, 0.15) is 56.3 Å². The molecule has 1 aromatic heterocycles. The average molecular weight is 296 g/mol. The van der Waals surface area contributed by atoms with Crippen molar-refractivity contribution in [2.24, 2.45) is 0 Å². The lowest BCUT2D eigenvalue weighted by molar-refractivity contribution is -0.00536. The first-order chi connectivity index (χ1) is 9.54. The molecule has 2 aliphatic rings. The summed E-state index contributed by atoms with van der Waals surface area (Å²) in [5.41, 5.74) is 0.487. The lowest BCUT2D eigenvalue weighted by atomic mass is 9.96. The van der Waals surface area contributed by atoms with E-state index in [9.17, 15) is 5.11 Å². The summed E-state index contributed by atoms with van der Waals surface area (Å²) in [5.74, 6) is 0. The molecule has 5 heteroatoms. The van der Waals surface area contributed by atoms with E-state index >= 15 is 0 Å². The van der Waals surface area contributed by atoms with Crippen molar-refractivity contribution in [2.75, 3.05) is 13.2 Å². The first-order valence-electron chi connectivity index (χ1n) is 7.56. The second-order valence-electron chi connectivity index (χ2n) is 6.46. The molecule has 2 saturated heterocycles. The van der Waals surface area contributed by atoms with Crippen LogP contribution in [0.2, 0.25) is 0 Å². The highest BCUT2D eigenvalue weighted by Gasteiger charge is 2.36. The van der Waals surface area contributed by atoms with Crippen LogP contribution in [0.5, 0.6) is 0 Å². The topological polar surface area (TPSA) is 45.6 Å². The highest BCUT2D eigenvalue weighted by atomic mass is 32.1. The second-order valence-corrected chi connectivity index (χ2v) is 7.35. The number of thiazole rings is 1. The molecule has 2 fully saturated rings. The van der Waals surface area contributed by atoms with E-state index in [-0.39, 0.29) is 12.1 Å². The van der Waals surface area contributed by atoms with Crippen LogP contribution in [0.15, 0.2) is 5.38 Å². The van der Waals surface area contributed by atoms with Crippen LogP contribution in [0.4, 0.5) is 0 Å². The highest BCUT2D eigenvalue weighted by molar-refractivity contribution is 7.09. The molecule has 112 valence electrons. The fourth-order valence-corrected chi connectivity index (χ4v) is 4.23. The van der Waals surface area contributed by atoms with Crippen LogP contribution in [-0.4, -0.2) is 39.8 Å². The van der Waals surface area contributed by atoms with Gasteiger partial charge < -0.3 is 9.84 Å². The van der Waals surface area contributed by atoms with Gasteiger partial charge in [-0.1, -0.05) is 0 Å². The zero-order chi connectivity index (χ0) is 14.2. The van der Waals surface area contributed by atoms with Gasteiger partial charge in [0.1, 0.15) is 11.1 Å². The van der Waals surface area contributed by atoms with Crippen LogP contribution in [0.3, 0.4) is 0 Å². The summed E-state index contributed by atoms with van der Waals surface area (Å²) in [5, 5.41) is 13.5. The molecule has 2 aliphatic heterocycles. The summed E-state index contributed by atoms with van der Waals surface area (Å²) >= 11 is 1.71. The van der Waals surface area contributed by atoms with Crippen LogP contribution in [0.25, 0.3) is 0 Å². The molecule has 20 heavy (non-hydrogen) atoms. The van der Waals surface area contributed by atoms with Crippen molar-refractivity contribution in [1.29, 1.82) is 0 Å². The lowest BCUT2D eigenvalue weighted by Gasteiger charge is -2.33. The van der Waals surface area contributed by atoms with Gasteiger partial charge in [-0.2, -0.15) is 0 Å². The van der Waals surface area contributed by atoms with Gasteiger partial charge in [0.25, 0.3) is 0 Å². The molecule has 0 radical (unpaired) electrons. The van der Waals surface area contributed by atoms with Gasteiger partial charge in [-0.25, -0.2) is 4.98 Å². The van der Waals surface area contributed by atoms with Crippen molar-refractivity contribution in [1.82, 2.24) is 9.88 Å². The molecular formula is C15H24N2O2S. The van der Waals surface area contributed by atoms with Gasteiger partial charge in [-0.3, -0.25) is 4.90 Å². The molecule has 3 heterocycles. The Labute approximate surface area is 124 Å². The van der Waals surface area contributed by atoms with E-state index in [1.165, 1.54) is 0 Å². The molecular weight excluding hydrogens is 272 g/mol. The van der Waals surface area contributed by atoms with E-state index < -0.39 is 5.60 Å². The number of aliphatic hydroxyl groups is 1. The third-order valence-corrected chi connectivity index (χ3v) is 5.30. The van der Waals surface area contributed by atoms with Crippen molar-refractivity contribution in [3.05, 3.63) is 16.1 Å². The molecule has 1 N–H and O–H groups in total. The SMILES string of the molecule is CC(C)(O)C1CCCN1Cc1csc(C2CCCO2)n1. The van der Waals surface area contributed by atoms with Crippen molar-refractivity contribution in [3.63, 3.8) is 0 Å². The third kappa shape index (κ3) is 3.06. The first-order valence-corrected chi connectivity index (χ1v) is 8.44. The third-order valence-electron chi connectivity index (χ3n) is 4.32. The Balaban J connectivity index is 1.65. The molecule has 3 rings (SSSR count). The minimum Gasteiger partial charge on any atom is -0.389 e. The molecule has 0 amide bonds. The Hall–Kier alpha value is -0.490. The maximum absolute atomic E-state index is 10.3. The van der Waals surface area contributed by atoms with E-state index in [0.717, 1.165) is 56.1 Å². The van der Waals surface area contributed by atoms with Gasteiger partial charge in [0.2, 0.25) is 0 Å². The van der Waals surface area contributed by atoms with Crippen LogP contribution in [-0.2, 0) is 11.3 Å². The number of aromatic nitrogens is 1. The van der Waals surface area contributed by atoms with E-state index in [1.807, 2.05) is 13.8 Å². The maximum atomic E-state index is 10.3. The van der Waals surface area contributed by atoms with E-state index in [0.29, 0.717) is 0 Å². The maximum Gasteiger partial charge on any atom is 0.122 e. The molecule has 4 nitrogen and oxygen atoms in total. The smallest absolute Gasteiger partial charge is 0.122 e. The Morgan fingerprint density at radius 1 is 1.45 bits per heavy atom. The summed E-state index contributed by atoms with van der Waals surface area (Å²) in [6.07, 6.45) is 4.71. The minimum absolute atomic E-state index is 0.220. The summed E-state index contributed by atoms with van der Waals surface area (Å²) in [7, 11) is 0. The van der Waals surface area contributed by atoms with Crippen LogP contribution in [0, 0.1) is 0 Å². The first kappa shape index (κ1) is 14.4. The molecule has 0 spiro atoms. The predicted octanol–water partition coefficient (Wildman–Crippen LogP) is 2.73. The van der Waals surface area contributed by atoms with E-state index in [2.05, 4.69) is 10.3 Å². The number of hydrogen-bond donors (Lipinski definition) is 1. The lowest BCUT2D eigenvalue weighted by Crippen LogP contribution is -2.45. The Morgan fingerprint density at radius 2 is 2.30 bits per heavy atom. The highest BCUT2D eigenvalue weighted by Crippen LogP contribution is 2.32. The molecule has 0 aromatic carbocycles. The molecule has 0 bridgehead atoms. The number of nitrogens with zero attached hydrogens (tertiary/aromatic N) is 2. The summed E-state index contributed by atoms with van der Waals surface area (Å²) in [6, 6.07) is 0.246. The van der Waals surface area contributed by atoms with Crippen LogP contribution >= 0.6 is 11.3 Å². The van der Waals surface area contributed by atoms with Gasteiger partial charge >= 0.3 is 0 Å². The van der Waals surface area contributed by atoms with Crippen molar-refractivity contribution >= 4 is 11.3 Å². The quantitative estimate of drug-likeness (QED) is 0.928. The van der Waals surface area contributed by atoms with Gasteiger partial charge in [-0.15, -0.1) is 11.3 Å². The molecule has 2 unspecified atom stereocenters. The van der Waals surface area contributed by atoms with Gasteiger partial charge in [0, 0.05) is 24.6 Å². The number of ether oxygens (including phenoxy) is 1. The Kier molecular flexibility index (Phi) is 4.13. The number of hydrogen-bond acceptors (Lipinski definition) is 5. The second kappa shape index (κ2) is 5.72. The Bertz CT molecular complexity index is 449. The van der Waals surface area contributed by atoms with Crippen molar-refractivity contribution in [3.8, 4) is 0 Å². The average Bonchev–Trinajstić information content (AvgIpc) is 3.08. The summed E-state index contributed by atoms with van der Waals surface area (Å²) < 4.78 is 5.69. The van der Waals surface area contributed by atoms with Gasteiger partial charge in [0.15, 0.2) is 0 Å². The summed E-state index contributed by atoms with van der Waals surface area (Å²) in [4.78, 5) is 7.11. The standard InChI is InChI=1S/C15H24N2O2S/c1-15(2,18)13-6-3-7-17(13)9-11-10-20-14(16-11)12-5-4-8-19-12/h10,12-13,18H,3-9H2,1-2H3. The number of rotatable bonds is 4. The molecule has 2 atom stereocenters. The zero-order valence-corrected chi connectivity index (χ0v) is 13.2. The fraction of sp³-hybridized carbons (Fsp3) is 0.800. The number of likely N-dealkylation sites (tertiary alicyclic amines) is 1. The molecule has 0 aliphatic carbocycles. The predicted molar refractivity (Wildman–Crippen MR) is 79.8 cm³/mol. The van der Waals surface area contributed by atoms with E-state index in [4.69, 9.17) is 9.72 Å². The van der Waals surface area contributed by atoms with Gasteiger partial charge in [-0.05, 0) is 46.1 Å². The molecule has 1 aromatic rings. The zero-order valence-electron chi connectivity index (χ0n) is 12.3. The van der Waals surface area contributed by atoms with Gasteiger partial charge in [0.05, 0.1) is 11.3 Å². The van der Waals surface area contributed by atoms with E-state index in [1.54, 1.807) is 11.3 Å². The summed E-state index contributed by atoms with van der Waals surface area (Å²) in [6.45, 7) is 6.59.